The lowest BCUT2D eigenvalue weighted by Gasteiger charge is -2.16. The van der Waals surface area contributed by atoms with E-state index in [0.29, 0.717) is 22.4 Å². The molecule has 1 atom stereocenters. The topological polar surface area (TPSA) is 61.8 Å². The van der Waals surface area contributed by atoms with E-state index in [-0.39, 0.29) is 18.2 Å². The van der Waals surface area contributed by atoms with Crippen molar-refractivity contribution in [1.29, 1.82) is 0 Å². The largest absolute Gasteiger partial charge is 0.326 e. The second-order valence-corrected chi connectivity index (χ2v) is 9.12. The number of nitrogens with zero attached hydrogens (tertiary/aromatic N) is 2. The lowest BCUT2D eigenvalue weighted by atomic mass is 10.2. The third-order valence-corrected chi connectivity index (χ3v) is 6.32. The Morgan fingerprint density at radius 1 is 1.06 bits per heavy atom. The fourth-order valence-electron chi connectivity index (χ4n) is 3.40. The van der Waals surface area contributed by atoms with Gasteiger partial charge in [-0.15, -0.1) is 0 Å². The van der Waals surface area contributed by atoms with Gasteiger partial charge in [-0.1, -0.05) is 71.9 Å². The van der Waals surface area contributed by atoms with Gasteiger partial charge in [0.1, 0.15) is 5.25 Å². The van der Waals surface area contributed by atoms with Gasteiger partial charge in [-0.2, -0.15) is 0 Å². The average Bonchev–Trinajstić information content (AvgIpc) is 3.03. The monoisotopic (exact) mass is 463 g/mol. The summed E-state index contributed by atoms with van der Waals surface area (Å²) in [6, 6.07) is 24.5. The van der Waals surface area contributed by atoms with Crippen LogP contribution in [-0.2, 0) is 16.1 Å². The lowest BCUT2D eigenvalue weighted by Crippen LogP contribution is -2.33. The summed E-state index contributed by atoms with van der Waals surface area (Å²) < 4.78 is 0. The molecule has 1 aliphatic rings. The predicted octanol–water partition coefficient (Wildman–Crippen LogP) is 5.81. The number of nitrogens with one attached hydrogen (secondary N) is 1. The molecule has 1 aliphatic heterocycles. The van der Waals surface area contributed by atoms with Gasteiger partial charge < -0.3 is 5.32 Å². The molecular weight excluding hydrogens is 442 g/mol. The highest BCUT2D eigenvalue weighted by molar-refractivity contribution is 8.15. The Labute approximate surface area is 196 Å². The minimum Gasteiger partial charge on any atom is -0.326 e. The van der Waals surface area contributed by atoms with Crippen LogP contribution in [0, 0.1) is 6.92 Å². The van der Waals surface area contributed by atoms with Gasteiger partial charge >= 0.3 is 0 Å². The van der Waals surface area contributed by atoms with Gasteiger partial charge in [0.25, 0.3) is 0 Å². The van der Waals surface area contributed by atoms with E-state index in [1.54, 1.807) is 17.0 Å². The summed E-state index contributed by atoms with van der Waals surface area (Å²) >= 11 is 7.41. The van der Waals surface area contributed by atoms with Crippen LogP contribution < -0.4 is 5.32 Å². The van der Waals surface area contributed by atoms with Gasteiger partial charge in [-0.25, -0.2) is 4.99 Å². The number of aryl methyl sites for hydroxylation is 1. The van der Waals surface area contributed by atoms with Crippen molar-refractivity contribution in [2.45, 2.75) is 25.1 Å². The smallest absolute Gasteiger partial charge is 0.242 e. The maximum atomic E-state index is 13.2. The van der Waals surface area contributed by atoms with Crippen LogP contribution in [0.25, 0.3) is 0 Å². The Morgan fingerprint density at radius 3 is 2.59 bits per heavy atom. The highest BCUT2D eigenvalue weighted by Crippen LogP contribution is 2.33. The molecule has 1 saturated heterocycles. The van der Waals surface area contributed by atoms with Crippen LogP contribution in [0.15, 0.2) is 83.9 Å². The second-order valence-electron chi connectivity index (χ2n) is 7.51. The number of benzene rings is 3. The molecule has 4 rings (SSSR count). The van der Waals surface area contributed by atoms with Crippen molar-refractivity contribution >= 4 is 51.7 Å². The molecule has 0 bridgehead atoms. The molecule has 3 aromatic carbocycles. The number of carbonyl (C=O) groups excluding carboxylic acids is 2. The van der Waals surface area contributed by atoms with E-state index in [2.05, 4.69) is 10.3 Å². The van der Waals surface area contributed by atoms with Crippen molar-refractivity contribution in [2.75, 3.05) is 5.32 Å². The zero-order valence-corrected chi connectivity index (χ0v) is 19.1. The van der Waals surface area contributed by atoms with Crippen molar-refractivity contribution in [1.82, 2.24) is 4.90 Å². The number of aliphatic imine (C=N–C) groups is 1. The van der Waals surface area contributed by atoms with Crippen LogP contribution in [0.5, 0.6) is 0 Å². The number of rotatable bonds is 6. The van der Waals surface area contributed by atoms with Gasteiger partial charge in [0.2, 0.25) is 11.8 Å². The first-order chi connectivity index (χ1) is 15.5. The highest BCUT2D eigenvalue weighted by atomic mass is 35.5. The first-order valence-corrected chi connectivity index (χ1v) is 11.5. The van der Waals surface area contributed by atoms with Gasteiger partial charge in [0, 0.05) is 17.1 Å². The van der Waals surface area contributed by atoms with Gasteiger partial charge in [0.05, 0.1) is 12.2 Å². The van der Waals surface area contributed by atoms with E-state index in [4.69, 9.17) is 11.6 Å². The molecule has 5 nitrogen and oxygen atoms in total. The van der Waals surface area contributed by atoms with Crippen molar-refractivity contribution < 1.29 is 9.59 Å². The molecule has 0 saturated carbocycles. The van der Waals surface area contributed by atoms with Crippen LogP contribution in [0.2, 0.25) is 5.02 Å². The maximum Gasteiger partial charge on any atom is 0.242 e. The summed E-state index contributed by atoms with van der Waals surface area (Å²) in [5.74, 6) is -0.329. The molecule has 0 spiro atoms. The number of hydrogen-bond donors (Lipinski definition) is 1. The molecule has 7 heteroatoms. The first kappa shape index (κ1) is 22.1. The van der Waals surface area contributed by atoms with Gasteiger partial charge in [-0.3, -0.25) is 14.5 Å². The standard InChI is InChI=1S/C25H22ClN3O2S/c1-17-7-5-11-20(13-17)27-23(30)15-22-24(31)29(16-18-8-3-2-4-9-18)25(32-22)28-21-12-6-10-19(26)14-21/h2-14,22H,15-16H2,1H3,(H,27,30). The number of carbonyl (C=O) groups is 2. The predicted molar refractivity (Wildman–Crippen MR) is 131 cm³/mol. The quantitative estimate of drug-likeness (QED) is 0.501. The normalized spacial score (nSPS) is 17.1. The van der Waals surface area contributed by atoms with Crippen molar-refractivity contribution in [3.8, 4) is 0 Å². The summed E-state index contributed by atoms with van der Waals surface area (Å²) in [5, 5.41) is 3.48. The SMILES string of the molecule is Cc1cccc(NC(=O)CC2SC(=Nc3cccc(Cl)c3)N(Cc3ccccc3)C2=O)c1. The number of thioether (sulfide) groups is 1. The minimum atomic E-state index is -0.540. The molecule has 1 heterocycles. The lowest BCUT2D eigenvalue weighted by molar-refractivity contribution is -0.128. The Bertz CT molecular complexity index is 1170. The zero-order chi connectivity index (χ0) is 22.5. The molecule has 0 radical (unpaired) electrons. The average molecular weight is 464 g/mol. The minimum absolute atomic E-state index is 0.0668. The van der Waals surface area contributed by atoms with E-state index in [9.17, 15) is 9.59 Å². The van der Waals surface area contributed by atoms with Gasteiger partial charge in [0.15, 0.2) is 5.17 Å². The Balaban J connectivity index is 1.54. The van der Waals surface area contributed by atoms with Crippen LogP contribution in [0.4, 0.5) is 11.4 Å². The van der Waals surface area contributed by atoms with Gasteiger partial charge in [-0.05, 0) is 48.4 Å². The third kappa shape index (κ3) is 5.58. The summed E-state index contributed by atoms with van der Waals surface area (Å²) in [6.07, 6.45) is 0.0668. The molecule has 2 amide bonds. The molecule has 1 fully saturated rings. The fourth-order valence-corrected chi connectivity index (χ4v) is 4.74. The highest BCUT2D eigenvalue weighted by Gasteiger charge is 2.39. The van der Waals surface area contributed by atoms with E-state index in [1.807, 2.05) is 73.7 Å². The summed E-state index contributed by atoms with van der Waals surface area (Å²) in [7, 11) is 0. The summed E-state index contributed by atoms with van der Waals surface area (Å²) in [4.78, 5) is 32.2. The van der Waals surface area contributed by atoms with Crippen molar-refractivity contribution in [3.05, 3.63) is 95.0 Å². The second kappa shape index (κ2) is 10.0. The van der Waals surface area contributed by atoms with Crippen LogP contribution in [-0.4, -0.2) is 27.1 Å². The van der Waals surface area contributed by atoms with Crippen molar-refractivity contribution in [3.63, 3.8) is 0 Å². The van der Waals surface area contributed by atoms with Crippen LogP contribution in [0.3, 0.4) is 0 Å². The number of halogens is 1. The van der Waals surface area contributed by atoms with E-state index < -0.39 is 5.25 Å². The molecule has 1 unspecified atom stereocenters. The number of amides is 2. The maximum absolute atomic E-state index is 13.2. The van der Waals surface area contributed by atoms with Crippen molar-refractivity contribution in [2.24, 2.45) is 4.99 Å². The van der Waals surface area contributed by atoms with E-state index in [1.165, 1.54) is 11.8 Å². The number of hydrogen-bond acceptors (Lipinski definition) is 4. The Morgan fingerprint density at radius 2 is 1.84 bits per heavy atom. The Kier molecular flexibility index (Phi) is 6.93. The zero-order valence-electron chi connectivity index (χ0n) is 17.5. The first-order valence-electron chi connectivity index (χ1n) is 10.2. The molecular formula is C25H22ClN3O2S. The number of anilines is 1. The molecule has 1 N–H and O–H groups in total. The van der Waals surface area contributed by atoms with Crippen LogP contribution >= 0.6 is 23.4 Å². The summed E-state index contributed by atoms with van der Waals surface area (Å²) in [6.45, 7) is 2.36. The molecule has 32 heavy (non-hydrogen) atoms. The third-order valence-electron chi connectivity index (χ3n) is 4.91. The molecule has 162 valence electrons. The molecule has 3 aromatic rings. The van der Waals surface area contributed by atoms with Crippen LogP contribution in [0.1, 0.15) is 17.5 Å². The summed E-state index contributed by atoms with van der Waals surface area (Å²) in [5.41, 5.74) is 3.43. The van der Waals surface area contributed by atoms with E-state index >= 15 is 0 Å². The Hall–Kier alpha value is -3.09. The fraction of sp³-hybridized carbons (Fsp3) is 0.160. The molecule has 0 aliphatic carbocycles. The molecule has 0 aromatic heterocycles. The van der Waals surface area contributed by atoms with E-state index in [0.717, 1.165) is 16.8 Å². The number of amidine groups is 1.